The Kier molecular flexibility index (Phi) is 6.96. The van der Waals surface area contributed by atoms with Crippen molar-refractivity contribution >= 4 is 0 Å². The molecular formula is C29H40N2O. The molecule has 2 heterocycles. The van der Waals surface area contributed by atoms with E-state index in [1.54, 1.807) is 0 Å². The molecule has 0 aromatic heterocycles. The molecule has 3 heteroatoms. The maximum Gasteiger partial charge on any atom is 0.0920 e. The third kappa shape index (κ3) is 5.11. The lowest BCUT2D eigenvalue weighted by Gasteiger charge is -2.40. The molecule has 2 aliphatic heterocycles. The number of piperidine rings is 1. The number of nitrogens with zero attached hydrogens (tertiary/aromatic N) is 2. The fraction of sp³-hybridized carbons (Fsp3) is 0.586. The van der Waals surface area contributed by atoms with Gasteiger partial charge in [-0.05, 0) is 48.6 Å². The molecule has 1 N–H and O–H groups in total. The summed E-state index contributed by atoms with van der Waals surface area (Å²) in [5.74, 6) is 2.23. The Bertz CT molecular complexity index is 825. The van der Waals surface area contributed by atoms with Crippen molar-refractivity contribution in [3.05, 3.63) is 71.8 Å². The van der Waals surface area contributed by atoms with Gasteiger partial charge in [0.05, 0.1) is 5.60 Å². The maximum absolute atomic E-state index is 11.2. The van der Waals surface area contributed by atoms with Gasteiger partial charge in [-0.25, -0.2) is 0 Å². The minimum atomic E-state index is -0.653. The van der Waals surface area contributed by atoms with Crippen LogP contribution in [-0.4, -0.2) is 54.2 Å². The molecule has 2 saturated heterocycles. The van der Waals surface area contributed by atoms with Gasteiger partial charge in [-0.1, -0.05) is 79.9 Å². The van der Waals surface area contributed by atoms with Crippen LogP contribution in [-0.2, 0) is 5.60 Å². The third-order valence-corrected chi connectivity index (χ3v) is 8.47. The van der Waals surface area contributed by atoms with Gasteiger partial charge in [0.25, 0.3) is 0 Å². The average molecular weight is 433 g/mol. The lowest BCUT2D eigenvalue weighted by Crippen LogP contribution is -2.45. The van der Waals surface area contributed by atoms with Crippen molar-refractivity contribution < 1.29 is 5.11 Å². The summed E-state index contributed by atoms with van der Waals surface area (Å²) in [6, 6.07) is 21.5. The van der Waals surface area contributed by atoms with Crippen molar-refractivity contribution in [3.63, 3.8) is 0 Å². The Morgan fingerprint density at radius 2 is 1.41 bits per heavy atom. The monoisotopic (exact) mass is 432 g/mol. The standard InChI is InChI=1S/C29H40N2O/c32-29(27-14-8-3-9-15-27)16-18-30(19-17-29)21-26-22-31(20-24-10-4-1-5-11-24)23-28(26)25-12-6-2-7-13-25/h2-3,6-9,12-15,24,26,28,32H,1,4-5,10-11,16-23H2/t26-,28+/m0/s1. The highest BCUT2D eigenvalue weighted by atomic mass is 16.3. The first kappa shape index (κ1) is 22.1. The summed E-state index contributed by atoms with van der Waals surface area (Å²) in [6.07, 6.45) is 8.85. The smallest absolute Gasteiger partial charge is 0.0920 e. The Morgan fingerprint density at radius 3 is 2.09 bits per heavy atom. The van der Waals surface area contributed by atoms with E-state index in [0.29, 0.717) is 11.8 Å². The first-order chi connectivity index (χ1) is 15.7. The summed E-state index contributed by atoms with van der Waals surface area (Å²) < 4.78 is 0. The Morgan fingerprint density at radius 1 is 0.750 bits per heavy atom. The van der Waals surface area contributed by atoms with E-state index in [1.807, 2.05) is 18.2 Å². The minimum Gasteiger partial charge on any atom is -0.385 e. The zero-order chi connectivity index (χ0) is 21.8. The van der Waals surface area contributed by atoms with E-state index in [2.05, 4.69) is 52.3 Å². The third-order valence-electron chi connectivity index (χ3n) is 8.47. The largest absolute Gasteiger partial charge is 0.385 e. The number of hydrogen-bond acceptors (Lipinski definition) is 3. The minimum absolute atomic E-state index is 0.634. The van der Waals surface area contributed by atoms with Crippen molar-refractivity contribution in [1.82, 2.24) is 9.80 Å². The number of likely N-dealkylation sites (tertiary alicyclic amines) is 2. The van der Waals surface area contributed by atoms with Gasteiger partial charge in [0.15, 0.2) is 0 Å². The molecule has 32 heavy (non-hydrogen) atoms. The van der Waals surface area contributed by atoms with Crippen LogP contribution in [0, 0.1) is 11.8 Å². The van der Waals surface area contributed by atoms with E-state index in [-0.39, 0.29) is 0 Å². The predicted molar refractivity (Wildman–Crippen MR) is 132 cm³/mol. The van der Waals surface area contributed by atoms with E-state index >= 15 is 0 Å². The molecule has 0 unspecified atom stereocenters. The van der Waals surface area contributed by atoms with Gasteiger partial charge in [0, 0.05) is 45.2 Å². The first-order valence-electron chi connectivity index (χ1n) is 13.0. The van der Waals surface area contributed by atoms with E-state index < -0.39 is 5.60 Å². The van der Waals surface area contributed by atoms with Gasteiger partial charge in [-0.15, -0.1) is 0 Å². The van der Waals surface area contributed by atoms with E-state index in [4.69, 9.17) is 0 Å². The number of rotatable bonds is 6. The van der Waals surface area contributed by atoms with Crippen LogP contribution in [0.5, 0.6) is 0 Å². The molecule has 0 amide bonds. The molecule has 3 nitrogen and oxygen atoms in total. The molecule has 0 spiro atoms. The molecule has 1 saturated carbocycles. The molecule has 2 atom stereocenters. The van der Waals surface area contributed by atoms with E-state index in [1.165, 1.54) is 57.3 Å². The van der Waals surface area contributed by atoms with Crippen molar-refractivity contribution in [3.8, 4) is 0 Å². The highest BCUT2D eigenvalue weighted by Gasteiger charge is 2.38. The van der Waals surface area contributed by atoms with Gasteiger partial charge in [0.1, 0.15) is 0 Å². The highest BCUT2D eigenvalue weighted by Crippen LogP contribution is 2.37. The van der Waals surface area contributed by atoms with Gasteiger partial charge in [-0.3, -0.25) is 0 Å². The molecule has 2 aromatic rings. The molecular weight excluding hydrogens is 392 g/mol. The second-order valence-electron chi connectivity index (χ2n) is 10.7. The molecule has 2 aromatic carbocycles. The summed E-state index contributed by atoms with van der Waals surface area (Å²) in [6.45, 7) is 6.89. The van der Waals surface area contributed by atoms with Crippen molar-refractivity contribution in [2.75, 3.05) is 39.3 Å². The second kappa shape index (κ2) is 10.1. The predicted octanol–water partition coefficient (Wildman–Crippen LogP) is 5.27. The molecule has 5 rings (SSSR count). The summed E-state index contributed by atoms with van der Waals surface area (Å²) in [5, 5.41) is 11.2. The zero-order valence-electron chi connectivity index (χ0n) is 19.5. The van der Waals surface area contributed by atoms with E-state index in [9.17, 15) is 5.11 Å². The van der Waals surface area contributed by atoms with Crippen LogP contribution in [0.25, 0.3) is 0 Å². The van der Waals surface area contributed by atoms with Gasteiger partial charge < -0.3 is 14.9 Å². The Labute approximate surface area is 194 Å². The fourth-order valence-electron chi connectivity index (χ4n) is 6.58. The van der Waals surface area contributed by atoms with E-state index in [0.717, 1.165) is 44.0 Å². The molecule has 3 aliphatic rings. The van der Waals surface area contributed by atoms with Crippen LogP contribution in [0.3, 0.4) is 0 Å². The molecule has 0 bridgehead atoms. The van der Waals surface area contributed by atoms with Crippen LogP contribution in [0.2, 0.25) is 0 Å². The van der Waals surface area contributed by atoms with Gasteiger partial charge >= 0.3 is 0 Å². The Balaban J connectivity index is 1.23. The Hall–Kier alpha value is -1.68. The highest BCUT2D eigenvalue weighted by molar-refractivity contribution is 5.24. The zero-order valence-corrected chi connectivity index (χ0v) is 19.5. The molecule has 1 aliphatic carbocycles. The summed E-state index contributed by atoms with van der Waals surface area (Å²) >= 11 is 0. The lowest BCUT2D eigenvalue weighted by molar-refractivity contribution is -0.0289. The SMILES string of the molecule is OC1(c2ccccc2)CCN(C[C@H]2CN(CC3CCCCC3)C[C@@H]2c2ccccc2)CC1. The van der Waals surface area contributed by atoms with Crippen molar-refractivity contribution in [2.45, 2.75) is 56.5 Å². The fourth-order valence-corrected chi connectivity index (χ4v) is 6.58. The number of aliphatic hydroxyl groups is 1. The maximum atomic E-state index is 11.2. The lowest BCUT2D eigenvalue weighted by atomic mass is 9.83. The van der Waals surface area contributed by atoms with Crippen molar-refractivity contribution in [2.24, 2.45) is 11.8 Å². The van der Waals surface area contributed by atoms with Crippen LogP contribution < -0.4 is 0 Å². The topological polar surface area (TPSA) is 26.7 Å². The number of benzene rings is 2. The summed E-state index contributed by atoms with van der Waals surface area (Å²) in [5.41, 5.74) is 1.95. The molecule has 3 fully saturated rings. The average Bonchev–Trinajstić information content (AvgIpc) is 3.24. The first-order valence-corrected chi connectivity index (χ1v) is 13.0. The van der Waals surface area contributed by atoms with Gasteiger partial charge in [0.2, 0.25) is 0 Å². The molecule has 0 radical (unpaired) electrons. The van der Waals surface area contributed by atoms with Crippen LogP contribution in [0.15, 0.2) is 60.7 Å². The summed E-state index contributed by atoms with van der Waals surface area (Å²) in [7, 11) is 0. The van der Waals surface area contributed by atoms with Crippen LogP contribution in [0.4, 0.5) is 0 Å². The quantitative estimate of drug-likeness (QED) is 0.674. The van der Waals surface area contributed by atoms with Gasteiger partial charge in [-0.2, -0.15) is 0 Å². The van der Waals surface area contributed by atoms with Crippen LogP contribution >= 0.6 is 0 Å². The number of hydrogen-bond donors (Lipinski definition) is 1. The van der Waals surface area contributed by atoms with Crippen molar-refractivity contribution in [1.29, 1.82) is 0 Å². The molecule has 172 valence electrons. The van der Waals surface area contributed by atoms with Crippen LogP contribution in [0.1, 0.15) is 62.0 Å². The second-order valence-corrected chi connectivity index (χ2v) is 10.7. The summed E-state index contributed by atoms with van der Waals surface area (Å²) in [4.78, 5) is 5.41. The normalized spacial score (nSPS) is 27.5.